The van der Waals surface area contributed by atoms with Gasteiger partial charge in [0.2, 0.25) is 5.91 Å². The Kier molecular flexibility index (Phi) is 14.5. The number of carbonyl (C=O) groups excluding carboxylic acids is 2. The number of nitrogens with one attached hydrogen (secondary N) is 2. The Morgan fingerprint density at radius 2 is 1.50 bits per heavy atom. The van der Waals surface area contributed by atoms with Crippen molar-refractivity contribution in [3.63, 3.8) is 0 Å². The molecule has 0 saturated carbocycles. The minimum atomic E-state index is -0.391. The van der Waals surface area contributed by atoms with Crippen molar-refractivity contribution in [2.75, 3.05) is 11.9 Å². The van der Waals surface area contributed by atoms with Gasteiger partial charge in [-0.15, -0.1) is 9.73 Å². The van der Waals surface area contributed by atoms with E-state index in [1.165, 1.54) is 81.3 Å². The van der Waals surface area contributed by atoms with Crippen LogP contribution >= 0.6 is 11.6 Å². The van der Waals surface area contributed by atoms with Crippen LogP contribution in [0.3, 0.4) is 0 Å². The van der Waals surface area contributed by atoms with Crippen molar-refractivity contribution in [2.24, 2.45) is 0 Å². The number of aromatic nitrogens is 4. The van der Waals surface area contributed by atoms with Gasteiger partial charge in [0.05, 0.1) is 24.4 Å². The summed E-state index contributed by atoms with van der Waals surface area (Å²) in [5.74, 6) is -0.388. The van der Waals surface area contributed by atoms with Gasteiger partial charge >= 0.3 is 5.97 Å². The quantitative estimate of drug-likeness (QED) is 0.0651. The van der Waals surface area contributed by atoms with Crippen LogP contribution in [0.25, 0.3) is 17.0 Å². The SMILES string of the molecule is CCCCCCCCCCCCCCCCOC(=O)CCC(=O)Nc1cc(-c2nn3nc(C(C)(C)C)c(Cl)c3[nH]2)ccc1O. The first-order valence-electron chi connectivity index (χ1n) is 16.5. The largest absolute Gasteiger partial charge is 0.506 e. The van der Waals surface area contributed by atoms with Gasteiger partial charge in [-0.25, -0.2) is 0 Å². The average Bonchev–Trinajstić information content (AvgIpc) is 3.54. The number of halogens is 1. The molecule has 1 aromatic carbocycles. The van der Waals surface area contributed by atoms with Crippen LogP contribution in [-0.4, -0.2) is 43.4 Å². The summed E-state index contributed by atoms with van der Waals surface area (Å²) in [6.07, 6.45) is 17.8. The van der Waals surface area contributed by atoms with Crippen LogP contribution in [0.4, 0.5) is 5.69 Å². The zero-order chi connectivity index (χ0) is 32.0. The van der Waals surface area contributed by atoms with Gasteiger partial charge in [-0.3, -0.25) is 9.59 Å². The number of phenolic OH excluding ortho intramolecular Hbond substituents is 1. The maximum atomic E-state index is 12.5. The Bertz CT molecular complexity index is 1330. The average molecular weight is 630 g/mol. The van der Waals surface area contributed by atoms with Crippen molar-refractivity contribution in [2.45, 2.75) is 136 Å². The molecule has 3 aromatic rings. The van der Waals surface area contributed by atoms with Gasteiger partial charge < -0.3 is 20.1 Å². The Morgan fingerprint density at radius 3 is 2.07 bits per heavy atom. The number of hydrogen-bond donors (Lipinski definition) is 3. The number of rotatable bonds is 20. The number of aromatic hydroxyl groups is 1. The molecular formula is C34H52ClN5O4. The molecule has 0 spiro atoms. The molecule has 0 saturated heterocycles. The van der Waals surface area contributed by atoms with Gasteiger partial charge in [-0.05, 0) is 24.6 Å². The molecule has 0 fully saturated rings. The number of H-pyrrole nitrogens is 1. The molecule has 0 aliphatic rings. The monoisotopic (exact) mass is 629 g/mol. The Morgan fingerprint density at radius 1 is 0.909 bits per heavy atom. The van der Waals surface area contributed by atoms with Crippen LogP contribution in [0.1, 0.15) is 136 Å². The molecule has 44 heavy (non-hydrogen) atoms. The highest BCUT2D eigenvalue weighted by Crippen LogP contribution is 2.33. The van der Waals surface area contributed by atoms with Gasteiger partial charge in [-0.1, -0.05) is 123 Å². The van der Waals surface area contributed by atoms with E-state index in [1.54, 1.807) is 12.1 Å². The summed E-state index contributed by atoms with van der Waals surface area (Å²) in [6, 6.07) is 4.76. The number of phenols is 1. The number of nitrogens with zero attached hydrogens (tertiary/aromatic N) is 3. The molecule has 1 amide bonds. The molecule has 9 nitrogen and oxygen atoms in total. The van der Waals surface area contributed by atoms with E-state index in [0.717, 1.165) is 25.0 Å². The number of esters is 1. The van der Waals surface area contributed by atoms with Crippen LogP contribution in [0.15, 0.2) is 18.2 Å². The van der Waals surface area contributed by atoms with Gasteiger partial charge in [0.15, 0.2) is 11.5 Å². The van der Waals surface area contributed by atoms with Crippen molar-refractivity contribution in [3.8, 4) is 17.1 Å². The van der Waals surface area contributed by atoms with Crippen LogP contribution < -0.4 is 5.32 Å². The molecule has 3 N–H and O–H groups in total. The van der Waals surface area contributed by atoms with Crippen molar-refractivity contribution < 1.29 is 19.4 Å². The predicted octanol–water partition coefficient (Wildman–Crippen LogP) is 9.12. The number of amides is 1. The van der Waals surface area contributed by atoms with E-state index in [-0.39, 0.29) is 29.7 Å². The molecule has 3 rings (SSSR count). The molecule has 0 aliphatic carbocycles. The first-order valence-corrected chi connectivity index (χ1v) is 16.9. The third kappa shape index (κ3) is 11.5. The van der Waals surface area contributed by atoms with E-state index in [0.29, 0.717) is 28.7 Å². The van der Waals surface area contributed by atoms with Gasteiger partial charge in [0.1, 0.15) is 10.8 Å². The highest BCUT2D eigenvalue weighted by atomic mass is 35.5. The van der Waals surface area contributed by atoms with Crippen LogP contribution in [0.2, 0.25) is 5.02 Å². The van der Waals surface area contributed by atoms with Crippen LogP contribution in [-0.2, 0) is 19.7 Å². The van der Waals surface area contributed by atoms with E-state index in [4.69, 9.17) is 16.3 Å². The molecular weight excluding hydrogens is 578 g/mol. The number of hydrogen-bond acceptors (Lipinski definition) is 6. The van der Waals surface area contributed by atoms with E-state index >= 15 is 0 Å². The molecule has 0 atom stereocenters. The number of unbranched alkanes of at least 4 members (excludes halogenated alkanes) is 13. The molecule has 0 aliphatic heterocycles. The van der Waals surface area contributed by atoms with Crippen molar-refractivity contribution >= 4 is 34.8 Å². The highest BCUT2D eigenvalue weighted by Gasteiger charge is 2.25. The number of aromatic amines is 1. The second-order valence-electron chi connectivity index (χ2n) is 12.8. The van der Waals surface area contributed by atoms with Crippen molar-refractivity contribution in [1.29, 1.82) is 0 Å². The molecule has 0 bridgehead atoms. The second kappa shape index (κ2) is 18.0. The molecule has 0 radical (unpaired) electrons. The maximum absolute atomic E-state index is 12.5. The summed E-state index contributed by atoms with van der Waals surface area (Å²) < 4.78 is 6.76. The number of ether oxygens (including phenoxy) is 1. The third-order valence-electron chi connectivity index (χ3n) is 7.81. The van der Waals surface area contributed by atoms with Crippen molar-refractivity contribution in [3.05, 3.63) is 28.9 Å². The summed E-state index contributed by atoms with van der Waals surface area (Å²) in [4.78, 5) is 27.8. The normalized spacial score (nSPS) is 11.8. The minimum Gasteiger partial charge on any atom is -0.506 e. The third-order valence-corrected chi connectivity index (χ3v) is 8.17. The summed E-state index contributed by atoms with van der Waals surface area (Å²) in [7, 11) is 0. The summed E-state index contributed by atoms with van der Waals surface area (Å²) in [5.41, 5.74) is 1.92. The minimum absolute atomic E-state index is 0.0190. The lowest BCUT2D eigenvalue weighted by Gasteiger charge is -2.14. The van der Waals surface area contributed by atoms with Gasteiger partial charge in [-0.2, -0.15) is 5.10 Å². The Labute approximate surface area is 267 Å². The second-order valence-corrected chi connectivity index (χ2v) is 13.2. The molecule has 244 valence electrons. The fourth-order valence-corrected chi connectivity index (χ4v) is 5.62. The zero-order valence-corrected chi connectivity index (χ0v) is 27.9. The number of carbonyl (C=O) groups is 2. The molecule has 2 heterocycles. The standard InChI is InChI=1S/C34H52ClN5O4/c1-5-6-7-8-9-10-11-12-13-14-15-16-17-18-23-44-29(43)22-21-28(42)36-26-24-25(19-20-27(26)41)32-37-33-30(35)31(34(2,3)4)38-40(33)39-32/h19-20,24,41H,5-18,21-23H2,1-4H3,(H,36,42)(H,37,39). The first-order chi connectivity index (χ1) is 21.1. The predicted molar refractivity (Wildman–Crippen MR) is 177 cm³/mol. The lowest BCUT2D eigenvalue weighted by atomic mass is 9.92. The number of fused-ring (bicyclic) bond motifs is 1. The summed E-state index contributed by atoms with van der Waals surface area (Å²) >= 11 is 6.54. The Hall–Kier alpha value is -3.07. The molecule has 0 unspecified atom stereocenters. The fraction of sp³-hybridized carbons (Fsp3) is 0.647. The lowest BCUT2D eigenvalue weighted by molar-refractivity contribution is -0.144. The lowest BCUT2D eigenvalue weighted by Crippen LogP contribution is -2.15. The summed E-state index contributed by atoms with van der Waals surface area (Å²) in [6.45, 7) is 8.72. The smallest absolute Gasteiger partial charge is 0.306 e. The Balaban J connectivity index is 1.29. The number of benzene rings is 1. The van der Waals surface area contributed by atoms with E-state index in [9.17, 15) is 14.7 Å². The zero-order valence-electron chi connectivity index (χ0n) is 27.1. The van der Waals surface area contributed by atoms with Crippen LogP contribution in [0.5, 0.6) is 5.75 Å². The highest BCUT2D eigenvalue weighted by molar-refractivity contribution is 6.34. The van der Waals surface area contributed by atoms with Gasteiger partial charge in [0.25, 0.3) is 0 Å². The fourth-order valence-electron chi connectivity index (χ4n) is 5.17. The topological polar surface area (TPSA) is 122 Å². The van der Waals surface area contributed by atoms with Crippen LogP contribution in [0, 0.1) is 0 Å². The van der Waals surface area contributed by atoms with Gasteiger partial charge in [0, 0.05) is 17.4 Å². The number of anilines is 1. The van der Waals surface area contributed by atoms with Crippen molar-refractivity contribution in [1.82, 2.24) is 19.8 Å². The van der Waals surface area contributed by atoms with E-state index in [2.05, 4.69) is 27.4 Å². The van der Waals surface area contributed by atoms with E-state index < -0.39 is 11.9 Å². The molecule has 2 aromatic heterocycles. The van der Waals surface area contributed by atoms with E-state index in [1.807, 2.05) is 20.8 Å². The molecule has 10 heteroatoms. The maximum Gasteiger partial charge on any atom is 0.306 e. The first kappa shape index (κ1) is 35.4. The summed E-state index contributed by atoms with van der Waals surface area (Å²) in [5, 5.41) is 22.5.